The van der Waals surface area contributed by atoms with Gasteiger partial charge in [-0.3, -0.25) is 4.99 Å². The molecule has 1 aromatic heterocycles. The van der Waals surface area contributed by atoms with Gasteiger partial charge < -0.3 is 5.32 Å². The van der Waals surface area contributed by atoms with Crippen molar-refractivity contribution in [3.05, 3.63) is 21.9 Å². The zero-order valence-corrected chi connectivity index (χ0v) is 13.1. The van der Waals surface area contributed by atoms with E-state index in [2.05, 4.69) is 38.2 Å². The van der Waals surface area contributed by atoms with Crippen LogP contribution in [0.4, 0.5) is 0 Å². The average molecular weight is 282 g/mol. The Morgan fingerprint density at radius 2 is 2.11 bits per heavy atom. The minimum absolute atomic E-state index is 0.244. The minimum Gasteiger partial charge on any atom is -0.360 e. The molecule has 1 atom stereocenters. The molecule has 0 amide bonds. The van der Waals surface area contributed by atoms with Crippen LogP contribution < -0.4 is 5.32 Å². The zero-order chi connectivity index (χ0) is 13.0. The van der Waals surface area contributed by atoms with Crippen LogP contribution in [0.15, 0.2) is 17.1 Å². The smallest absolute Gasteiger partial charge is 0.157 e. The first-order chi connectivity index (χ1) is 8.65. The molecular formula is C14H22N2S2. The molecule has 18 heavy (non-hydrogen) atoms. The van der Waals surface area contributed by atoms with Gasteiger partial charge in [0, 0.05) is 21.0 Å². The van der Waals surface area contributed by atoms with Gasteiger partial charge in [0.2, 0.25) is 0 Å². The highest BCUT2D eigenvalue weighted by molar-refractivity contribution is 8.13. The summed E-state index contributed by atoms with van der Waals surface area (Å²) in [6.45, 7) is 7.56. The Hall–Kier alpha value is -0.480. The molecule has 0 spiro atoms. The number of thiophene rings is 1. The fourth-order valence-corrected chi connectivity index (χ4v) is 4.03. The Morgan fingerprint density at radius 1 is 1.33 bits per heavy atom. The van der Waals surface area contributed by atoms with Crippen molar-refractivity contribution in [2.45, 2.75) is 52.1 Å². The van der Waals surface area contributed by atoms with E-state index in [1.54, 1.807) is 0 Å². The Bertz CT molecular complexity index is 425. The molecular weight excluding hydrogens is 260 g/mol. The van der Waals surface area contributed by atoms with Crippen molar-refractivity contribution < 1.29 is 0 Å². The van der Waals surface area contributed by atoms with E-state index >= 15 is 0 Å². The summed E-state index contributed by atoms with van der Waals surface area (Å²) >= 11 is 3.74. The lowest BCUT2D eigenvalue weighted by Gasteiger charge is -2.35. The molecule has 100 valence electrons. The van der Waals surface area contributed by atoms with E-state index in [1.807, 2.05) is 23.1 Å². The maximum Gasteiger partial charge on any atom is 0.157 e. The summed E-state index contributed by atoms with van der Waals surface area (Å²) in [6.07, 6.45) is 3.51. The standard InChI is InChI=1S/C14H22N2S2/c1-4-11-6-7-12(18-11)10-15-13-16-14(3,5-2)8-9-17-13/h6-7H,4-5,8-10H2,1-3H3,(H,15,16). The van der Waals surface area contributed by atoms with Crippen LogP contribution in [-0.4, -0.2) is 16.5 Å². The normalized spacial score (nSPS) is 26.3. The molecule has 2 nitrogen and oxygen atoms in total. The second-order valence-corrected chi connectivity index (χ2v) is 7.32. The quantitative estimate of drug-likeness (QED) is 0.900. The van der Waals surface area contributed by atoms with E-state index in [0.29, 0.717) is 0 Å². The fraction of sp³-hybridized carbons (Fsp3) is 0.643. The SMILES string of the molecule is CCc1ccc(CN=C2NC(C)(CC)CCS2)s1. The van der Waals surface area contributed by atoms with Crippen molar-refractivity contribution >= 4 is 28.3 Å². The first-order valence-electron chi connectivity index (χ1n) is 6.68. The minimum atomic E-state index is 0.244. The molecule has 4 heteroatoms. The number of amidine groups is 1. The molecule has 2 rings (SSSR count). The average Bonchev–Trinajstić information content (AvgIpc) is 2.85. The first-order valence-corrected chi connectivity index (χ1v) is 8.48. The summed E-state index contributed by atoms with van der Waals surface area (Å²) in [5.74, 6) is 1.18. The highest BCUT2D eigenvalue weighted by Crippen LogP contribution is 2.25. The summed E-state index contributed by atoms with van der Waals surface area (Å²) in [6, 6.07) is 4.43. The Morgan fingerprint density at radius 3 is 2.78 bits per heavy atom. The van der Waals surface area contributed by atoms with Crippen molar-refractivity contribution in [2.24, 2.45) is 4.99 Å². The summed E-state index contributed by atoms with van der Waals surface area (Å²) in [5, 5.41) is 4.71. The van der Waals surface area contributed by atoms with Crippen LogP contribution in [0.1, 0.15) is 43.4 Å². The van der Waals surface area contributed by atoms with Crippen molar-refractivity contribution in [3.8, 4) is 0 Å². The first kappa shape index (κ1) is 13.9. The number of hydrogen-bond acceptors (Lipinski definition) is 3. The monoisotopic (exact) mass is 282 g/mol. The fourth-order valence-electron chi connectivity index (χ4n) is 1.93. The van der Waals surface area contributed by atoms with Crippen LogP contribution in [0.3, 0.4) is 0 Å². The van der Waals surface area contributed by atoms with Gasteiger partial charge in [0.05, 0.1) is 6.54 Å². The van der Waals surface area contributed by atoms with E-state index < -0.39 is 0 Å². The molecule has 1 unspecified atom stereocenters. The molecule has 2 heterocycles. The molecule has 1 fully saturated rings. The van der Waals surface area contributed by atoms with Gasteiger partial charge in [-0.05, 0) is 38.3 Å². The topological polar surface area (TPSA) is 24.4 Å². The number of nitrogens with one attached hydrogen (secondary N) is 1. The number of thioether (sulfide) groups is 1. The summed E-state index contributed by atoms with van der Waals surface area (Å²) < 4.78 is 0. The van der Waals surface area contributed by atoms with Gasteiger partial charge in [0.1, 0.15) is 0 Å². The van der Waals surface area contributed by atoms with Crippen molar-refractivity contribution in [1.82, 2.24) is 5.32 Å². The van der Waals surface area contributed by atoms with Crippen molar-refractivity contribution in [3.63, 3.8) is 0 Å². The number of hydrogen-bond donors (Lipinski definition) is 1. The second kappa shape index (κ2) is 6.11. The Kier molecular flexibility index (Phi) is 4.73. The van der Waals surface area contributed by atoms with E-state index in [-0.39, 0.29) is 5.54 Å². The number of rotatable bonds is 4. The summed E-state index contributed by atoms with van der Waals surface area (Å²) in [4.78, 5) is 7.54. The van der Waals surface area contributed by atoms with Crippen LogP contribution in [-0.2, 0) is 13.0 Å². The molecule has 0 radical (unpaired) electrons. The lowest BCUT2D eigenvalue weighted by atomic mass is 9.96. The molecule has 1 aliphatic rings. The van der Waals surface area contributed by atoms with Gasteiger partial charge in [-0.15, -0.1) is 11.3 Å². The van der Waals surface area contributed by atoms with Gasteiger partial charge >= 0.3 is 0 Å². The van der Waals surface area contributed by atoms with Gasteiger partial charge in [0.15, 0.2) is 5.17 Å². The van der Waals surface area contributed by atoms with Crippen molar-refractivity contribution in [1.29, 1.82) is 0 Å². The number of aryl methyl sites for hydroxylation is 1. The van der Waals surface area contributed by atoms with Crippen LogP contribution in [0.2, 0.25) is 0 Å². The lowest BCUT2D eigenvalue weighted by Crippen LogP contribution is -2.48. The van der Waals surface area contributed by atoms with Crippen LogP contribution in [0.5, 0.6) is 0 Å². The van der Waals surface area contributed by atoms with E-state index in [4.69, 9.17) is 4.99 Å². The van der Waals surface area contributed by atoms with E-state index in [0.717, 1.165) is 24.6 Å². The third-order valence-electron chi connectivity index (χ3n) is 3.53. The molecule has 1 aliphatic heterocycles. The van der Waals surface area contributed by atoms with Crippen molar-refractivity contribution in [2.75, 3.05) is 5.75 Å². The highest BCUT2D eigenvalue weighted by Gasteiger charge is 2.27. The molecule has 1 saturated heterocycles. The molecule has 0 aromatic carbocycles. The molecule has 0 bridgehead atoms. The maximum atomic E-state index is 4.72. The van der Waals surface area contributed by atoms with E-state index in [9.17, 15) is 0 Å². The number of nitrogens with zero attached hydrogens (tertiary/aromatic N) is 1. The molecule has 0 aliphatic carbocycles. The predicted molar refractivity (Wildman–Crippen MR) is 83.7 cm³/mol. The summed E-state index contributed by atoms with van der Waals surface area (Å²) in [5.41, 5.74) is 0.244. The maximum absolute atomic E-state index is 4.72. The van der Waals surface area contributed by atoms with Gasteiger partial charge in [-0.2, -0.15) is 0 Å². The molecule has 1 N–H and O–H groups in total. The van der Waals surface area contributed by atoms with Gasteiger partial charge in [-0.25, -0.2) is 0 Å². The Labute approximate surface area is 118 Å². The van der Waals surface area contributed by atoms with Gasteiger partial charge in [-0.1, -0.05) is 25.6 Å². The Balaban J connectivity index is 1.96. The van der Waals surface area contributed by atoms with E-state index in [1.165, 1.54) is 21.9 Å². The number of aliphatic imine (C=N–C) groups is 1. The second-order valence-electron chi connectivity index (χ2n) is 4.98. The predicted octanol–water partition coefficient (Wildman–Crippen LogP) is 4.06. The van der Waals surface area contributed by atoms with Crippen LogP contribution >= 0.6 is 23.1 Å². The van der Waals surface area contributed by atoms with Crippen LogP contribution in [0.25, 0.3) is 0 Å². The molecule has 0 saturated carbocycles. The lowest BCUT2D eigenvalue weighted by molar-refractivity contribution is 0.390. The highest BCUT2D eigenvalue weighted by atomic mass is 32.2. The third-order valence-corrected chi connectivity index (χ3v) is 5.65. The molecule has 1 aromatic rings. The largest absolute Gasteiger partial charge is 0.360 e. The third kappa shape index (κ3) is 3.51. The van der Waals surface area contributed by atoms with Gasteiger partial charge in [0.25, 0.3) is 0 Å². The zero-order valence-electron chi connectivity index (χ0n) is 11.5. The summed E-state index contributed by atoms with van der Waals surface area (Å²) in [7, 11) is 0. The van der Waals surface area contributed by atoms with Crippen LogP contribution in [0, 0.1) is 0 Å².